The van der Waals surface area contributed by atoms with Crippen LogP contribution >= 0.6 is 0 Å². The Balaban J connectivity index is 1.55. The van der Waals surface area contributed by atoms with Crippen molar-refractivity contribution in [2.45, 2.75) is 6.04 Å². The number of benzene rings is 2. The summed E-state index contributed by atoms with van der Waals surface area (Å²) in [5.74, 6) is 1.14. The molecule has 0 radical (unpaired) electrons. The van der Waals surface area contributed by atoms with Gasteiger partial charge in [-0.1, -0.05) is 24.3 Å². The predicted octanol–water partition coefficient (Wildman–Crippen LogP) is 2.99. The number of fused-ring (bicyclic) bond motifs is 3. The lowest BCUT2D eigenvalue weighted by atomic mass is 10.1. The van der Waals surface area contributed by atoms with Gasteiger partial charge in [-0.3, -0.25) is 9.13 Å². The molecule has 0 amide bonds. The normalized spacial score (nSPS) is 15.2. The number of hydrogen-bond acceptors (Lipinski definition) is 5. The van der Waals surface area contributed by atoms with Crippen molar-refractivity contribution in [3.05, 3.63) is 82.5 Å². The molecule has 0 bridgehead atoms. The number of aromatic amines is 1. The molecule has 5 aromatic rings. The summed E-state index contributed by atoms with van der Waals surface area (Å²) in [5.41, 5.74) is 3.65. The highest BCUT2D eigenvalue weighted by molar-refractivity contribution is 5.81. The van der Waals surface area contributed by atoms with Crippen LogP contribution in [-0.4, -0.2) is 35.7 Å². The second-order valence-electron chi connectivity index (χ2n) is 6.97. The van der Waals surface area contributed by atoms with Gasteiger partial charge in [0.1, 0.15) is 30.2 Å². The highest BCUT2D eigenvalue weighted by Gasteiger charge is 2.29. The van der Waals surface area contributed by atoms with Gasteiger partial charge in [-0.2, -0.15) is 4.98 Å². The zero-order valence-electron chi connectivity index (χ0n) is 15.5. The van der Waals surface area contributed by atoms with Gasteiger partial charge in [0, 0.05) is 5.56 Å². The Labute approximate surface area is 169 Å². The fourth-order valence-corrected chi connectivity index (χ4v) is 3.90. The Kier molecular flexibility index (Phi) is 3.31. The molecule has 2 aromatic carbocycles. The Morgan fingerprint density at radius 1 is 1.20 bits per heavy atom. The number of rotatable bonds is 2. The van der Waals surface area contributed by atoms with Crippen LogP contribution in [0.25, 0.3) is 33.0 Å². The molecule has 0 saturated carbocycles. The van der Waals surface area contributed by atoms with Gasteiger partial charge < -0.3 is 9.72 Å². The molecule has 0 aliphatic carbocycles. The van der Waals surface area contributed by atoms with E-state index in [-0.39, 0.29) is 11.7 Å². The summed E-state index contributed by atoms with van der Waals surface area (Å²) < 4.78 is 9.08. The molecule has 1 aliphatic rings. The lowest BCUT2D eigenvalue weighted by Crippen LogP contribution is -2.24. The highest BCUT2D eigenvalue weighted by Crippen LogP contribution is 2.35. The number of nitrogens with one attached hydrogen (secondary N) is 1. The zero-order valence-corrected chi connectivity index (χ0v) is 15.5. The van der Waals surface area contributed by atoms with Crippen molar-refractivity contribution in [1.82, 2.24) is 29.1 Å². The smallest absolute Gasteiger partial charge is 0.328 e. The average molecular weight is 395 g/mol. The molecular formula is C21H13N7O2. The van der Waals surface area contributed by atoms with E-state index in [0.717, 1.165) is 22.3 Å². The molecule has 4 heterocycles. The highest BCUT2D eigenvalue weighted by atomic mass is 16.5. The molecule has 6 rings (SSSR count). The summed E-state index contributed by atoms with van der Waals surface area (Å²) in [6.45, 7) is 7.61. The minimum atomic E-state index is -0.279. The van der Waals surface area contributed by atoms with E-state index in [9.17, 15) is 4.79 Å². The van der Waals surface area contributed by atoms with Crippen LogP contribution in [-0.2, 0) is 0 Å². The van der Waals surface area contributed by atoms with Crippen LogP contribution in [0, 0.1) is 6.57 Å². The predicted molar refractivity (Wildman–Crippen MR) is 109 cm³/mol. The molecule has 9 heteroatoms. The quantitative estimate of drug-likeness (QED) is 0.464. The number of hydrogen-bond donors (Lipinski definition) is 1. The summed E-state index contributed by atoms with van der Waals surface area (Å²) >= 11 is 0. The van der Waals surface area contributed by atoms with Gasteiger partial charge in [-0.15, -0.1) is 0 Å². The van der Waals surface area contributed by atoms with Crippen LogP contribution in [0.1, 0.15) is 11.6 Å². The van der Waals surface area contributed by atoms with Crippen LogP contribution in [0.5, 0.6) is 5.75 Å². The molecule has 30 heavy (non-hydrogen) atoms. The summed E-state index contributed by atoms with van der Waals surface area (Å²) in [5, 5.41) is 0. The lowest BCUT2D eigenvalue weighted by Gasteiger charge is -2.11. The molecular weight excluding hydrogens is 382 g/mol. The number of H-pyrrole nitrogens is 1. The minimum absolute atomic E-state index is 0.271. The molecule has 0 saturated heterocycles. The summed E-state index contributed by atoms with van der Waals surface area (Å²) in [6.07, 6.45) is 3.20. The SMILES string of the molecule is [C-]#[N+]c1ccc2ncn(-c3ncc4[nH]c(=O)n(C5COc6ccccc65)c4n3)c2c1. The Morgan fingerprint density at radius 2 is 2.10 bits per heavy atom. The number of para-hydroxylation sites is 1. The van der Waals surface area contributed by atoms with Crippen molar-refractivity contribution in [2.24, 2.45) is 0 Å². The third-order valence-corrected chi connectivity index (χ3v) is 5.31. The van der Waals surface area contributed by atoms with E-state index in [0.29, 0.717) is 29.4 Å². The van der Waals surface area contributed by atoms with Gasteiger partial charge in [-0.25, -0.2) is 19.6 Å². The topological polar surface area (TPSA) is 95.0 Å². The molecule has 1 aliphatic heterocycles. The van der Waals surface area contributed by atoms with Crippen molar-refractivity contribution in [1.29, 1.82) is 0 Å². The Bertz CT molecular complexity index is 1550. The first-order valence-electron chi connectivity index (χ1n) is 9.27. The van der Waals surface area contributed by atoms with E-state index in [2.05, 4.69) is 24.8 Å². The van der Waals surface area contributed by atoms with Crippen LogP contribution in [0.3, 0.4) is 0 Å². The van der Waals surface area contributed by atoms with Crippen molar-refractivity contribution in [3.8, 4) is 11.7 Å². The second kappa shape index (κ2) is 6.02. The summed E-state index contributed by atoms with van der Waals surface area (Å²) in [4.78, 5) is 32.5. The molecule has 3 aromatic heterocycles. The Morgan fingerprint density at radius 3 is 3.00 bits per heavy atom. The fraction of sp³-hybridized carbons (Fsp3) is 0.0952. The fourth-order valence-electron chi connectivity index (χ4n) is 3.90. The molecule has 1 unspecified atom stereocenters. The van der Waals surface area contributed by atoms with E-state index in [1.54, 1.807) is 39.9 Å². The first-order valence-corrected chi connectivity index (χ1v) is 9.27. The Hall–Kier alpha value is -4.45. The van der Waals surface area contributed by atoms with Crippen LogP contribution < -0.4 is 10.4 Å². The van der Waals surface area contributed by atoms with Crippen LogP contribution in [0.2, 0.25) is 0 Å². The first kappa shape index (κ1) is 16.5. The zero-order chi connectivity index (χ0) is 20.2. The first-order chi connectivity index (χ1) is 14.7. The van der Waals surface area contributed by atoms with E-state index < -0.39 is 0 Å². The third kappa shape index (κ3) is 2.28. The molecule has 0 fully saturated rings. The maximum Gasteiger partial charge on any atom is 0.328 e. The van der Waals surface area contributed by atoms with Crippen molar-refractivity contribution < 1.29 is 4.74 Å². The summed E-state index contributed by atoms with van der Waals surface area (Å²) in [6, 6.07) is 12.6. The molecule has 144 valence electrons. The van der Waals surface area contributed by atoms with Crippen molar-refractivity contribution in [3.63, 3.8) is 0 Å². The largest absolute Gasteiger partial charge is 0.491 e. The van der Waals surface area contributed by atoms with Gasteiger partial charge in [0.05, 0.1) is 23.8 Å². The molecule has 1 atom stereocenters. The van der Waals surface area contributed by atoms with Gasteiger partial charge in [0.2, 0.25) is 5.95 Å². The van der Waals surface area contributed by atoms with Crippen molar-refractivity contribution in [2.75, 3.05) is 6.61 Å². The standard InChI is InChI=1S/C21H13N7O2/c1-22-12-6-7-14-16(8-12)27(11-24-14)20-23-9-15-19(26-20)28(21(29)25-15)17-10-30-18-5-3-2-4-13(17)18/h2-9,11,17H,10H2,(H,25,29). The van der Waals surface area contributed by atoms with E-state index in [1.165, 1.54) is 0 Å². The maximum absolute atomic E-state index is 12.8. The van der Waals surface area contributed by atoms with Crippen molar-refractivity contribution >= 4 is 27.9 Å². The lowest BCUT2D eigenvalue weighted by molar-refractivity contribution is 0.316. The molecule has 9 nitrogen and oxygen atoms in total. The number of nitrogens with zero attached hydrogens (tertiary/aromatic N) is 6. The van der Waals surface area contributed by atoms with E-state index >= 15 is 0 Å². The molecule has 0 spiro atoms. The van der Waals surface area contributed by atoms with Crippen LogP contribution in [0.15, 0.2) is 59.8 Å². The van der Waals surface area contributed by atoms with Gasteiger partial charge in [0.15, 0.2) is 11.3 Å². The van der Waals surface area contributed by atoms with E-state index in [4.69, 9.17) is 11.3 Å². The molecule has 1 N–H and O–H groups in total. The van der Waals surface area contributed by atoms with E-state index in [1.807, 2.05) is 24.3 Å². The van der Waals surface area contributed by atoms with Crippen LogP contribution in [0.4, 0.5) is 5.69 Å². The number of ether oxygens (including phenoxy) is 1. The monoisotopic (exact) mass is 395 g/mol. The minimum Gasteiger partial charge on any atom is -0.491 e. The van der Waals surface area contributed by atoms with Gasteiger partial charge >= 0.3 is 5.69 Å². The summed E-state index contributed by atoms with van der Waals surface area (Å²) in [7, 11) is 0. The third-order valence-electron chi connectivity index (χ3n) is 5.31. The van der Waals surface area contributed by atoms with Gasteiger partial charge in [-0.05, 0) is 18.2 Å². The average Bonchev–Trinajstić information content (AvgIpc) is 3.47. The van der Waals surface area contributed by atoms with Gasteiger partial charge in [0.25, 0.3) is 0 Å². The number of aromatic nitrogens is 6. The maximum atomic E-state index is 12.8. The number of imidazole rings is 2. The second-order valence-corrected chi connectivity index (χ2v) is 6.97.